The van der Waals surface area contributed by atoms with E-state index in [-0.39, 0.29) is 5.91 Å². The summed E-state index contributed by atoms with van der Waals surface area (Å²) in [5.74, 6) is 1.18. The molecule has 0 fully saturated rings. The maximum Gasteiger partial charge on any atom is 0.225 e. The van der Waals surface area contributed by atoms with Gasteiger partial charge in [-0.3, -0.25) is 14.7 Å². The Balaban J connectivity index is 2.00. The zero-order chi connectivity index (χ0) is 17.1. The molecule has 0 N–H and O–H groups in total. The number of methoxy groups -OCH3 is 2. The van der Waals surface area contributed by atoms with E-state index in [4.69, 9.17) is 9.47 Å². The van der Waals surface area contributed by atoms with Crippen LogP contribution in [0.2, 0.25) is 0 Å². The number of benzene rings is 1. The number of fused-ring (bicyclic) bond motifs is 1. The second-order valence-corrected chi connectivity index (χ2v) is 6.15. The standard InChI is InChI=1S/C17H17N3O3S/c1-11(21)20(10-12-5-4-6-18-9-12)17-19-13-7-14(22-2)15(23-3)8-16(13)24-17/h4-9H,10H2,1-3H3. The van der Waals surface area contributed by atoms with Crippen LogP contribution in [0.15, 0.2) is 36.7 Å². The van der Waals surface area contributed by atoms with Crippen molar-refractivity contribution in [2.24, 2.45) is 0 Å². The lowest BCUT2D eigenvalue weighted by Gasteiger charge is -2.17. The summed E-state index contributed by atoms with van der Waals surface area (Å²) in [4.78, 5) is 22.4. The van der Waals surface area contributed by atoms with Gasteiger partial charge in [0.15, 0.2) is 16.6 Å². The highest BCUT2D eigenvalue weighted by molar-refractivity contribution is 7.22. The first-order valence-electron chi connectivity index (χ1n) is 7.32. The Bertz CT molecular complexity index is 823. The normalized spacial score (nSPS) is 10.6. The third-order valence-electron chi connectivity index (χ3n) is 3.56. The molecule has 124 valence electrons. The lowest BCUT2D eigenvalue weighted by molar-refractivity contribution is -0.116. The number of carbonyl (C=O) groups is 1. The molecule has 0 spiro atoms. The van der Waals surface area contributed by atoms with E-state index < -0.39 is 0 Å². The van der Waals surface area contributed by atoms with Gasteiger partial charge in [0.1, 0.15) is 0 Å². The van der Waals surface area contributed by atoms with Gasteiger partial charge in [-0.2, -0.15) is 0 Å². The van der Waals surface area contributed by atoms with E-state index in [1.165, 1.54) is 18.3 Å². The molecule has 0 aliphatic rings. The minimum absolute atomic E-state index is 0.0724. The molecule has 0 aliphatic heterocycles. The fourth-order valence-corrected chi connectivity index (χ4v) is 3.37. The summed E-state index contributed by atoms with van der Waals surface area (Å²) in [6.45, 7) is 1.96. The van der Waals surface area contributed by atoms with Gasteiger partial charge in [-0.25, -0.2) is 4.98 Å². The number of pyridine rings is 1. The topological polar surface area (TPSA) is 64.5 Å². The summed E-state index contributed by atoms with van der Waals surface area (Å²) in [7, 11) is 3.18. The van der Waals surface area contributed by atoms with Crippen molar-refractivity contribution < 1.29 is 14.3 Å². The smallest absolute Gasteiger partial charge is 0.225 e. The summed E-state index contributed by atoms with van der Waals surface area (Å²) in [6.07, 6.45) is 3.45. The van der Waals surface area contributed by atoms with Gasteiger partial charge in [0.2, 0.25) is 5.91 Å². The molecular formula is C17H17N3O3S. The lowest BCUT2D eigenvalue weighted by atomic mass is 10.2. The molecule has 2 heterocycles. The molecule has 0 bridgehead atoms. The number of hydrogen-bond acceptors (Lipinski definition) is 6. The van der Waals surface area contributed by atoms with E-state index in [1.807, 2.05) is 24.3 Å². The fraction of sp³-hybridized carbons (Fsp3) is 0.235. The van der Waals surface area contributed by atoms with Gasteiger partial charge in [-0.05, 0) is 11.6 Å². The van der Waals surface area contributed by atoms with Gasteiger partial charge < -0.3 is 9.47 Å². The highest BCUT2D eigenvalue weighted by Crippen LogP contribution is 2.37. The summed E-state index contributed by atoms with van der Waals surface area (Å²) in [5, 5.41) is 0.636. The van der Waals surface area contributed by atoms with Crippen LogP contribution in [0, 0.1) is 0 Å². The SMILES string of the molecule is COc1cc2nc(N(Cc3cccnc3)C(C)=O)sc2cc1OC. The van der Waals surface area contributed by atoms with E-state index in [9.17, 15) is 4.79 Å². The first-order chi connectivity index (χ1) is 11.6. The molecular weight excluding hydrogens is 326 g/mol. The maximum absolute atomic E-state index is 12.1. The monoisotopic (exact) mass is 343 g/mol. The predicted molar refractivity (Wildman–Crippen MR) is 93.8 cm³/mol. The van der Waals surface area contributed by atoms with Crippen molar-refractivity contribution in [3.8, 4) is 11.5 Å². The molecule has 0 atom stereocenters. The first-order valence-corrected chi connectivity index (χ1v) is 8.13. The van der Waals surface area contributed by atoms with Crippen molar-refractivity contribution in [3.63, 3.8) is 0 Å². The zero-order valence-corrected chi connectivity index (χ0v) is 14.5. The van der Waals surface area contributed by atoms with E-state index in [1.54, 1.807) is 31.5 Å². The summed E-state index contributed by atoms with van der Waals surface area (Å²) in [6, 6.07) is 7.47. The van der Waals surface area contributed by atoms with Gasteiger partial charge in [-0.1, -0.05) is 17.4 Å². The number of hydrogen-bond donors (Lipinski definition) is 0. The van der Waals surface area contributed by atoms with Gasteiger partial charge >= 0.3 is 0 Å². The molecule has 0 saturated heterocycles. The average molecular weight is 343 g/mol. The highest BCUT2D eigenvalue weighted by Gasteiger charge is 2.18. The lowest BCUT2D eigenvalue weighted by Crippen LogP contribution is -2.27. The second-order valence-electron chi connectivity index (χ2n) is 5.14. The van der Waals surface area contributed by atoms with Gasteiger partial charge in [0.05, 0.1) is 31.0 Å². The van der Waals surface area contributed by atoms with Crippen LogP contribution >= 0.6 is 11.3 Å². The van der Waals surface area contributed by atoms with Crippen molar-refractivity contribution in [2.45, 2.75) is 13.5 Å². The van der Waals surface area contributed by atoms with Gasteiger partial charge in [0.25, 0.3) is 0 Å². The van der Waals surface area contributed by atoms with Crippen molar-refractivity contribution in [1.82, 2.24) is 9.97 Å². The quantitative estimate of drug-likeness (QED) is 0.711. The number of aromatic nitrogens is 2. The number of rotatable bonds is 5. The zero-order valence-electron chi connectivity index (χ0n) is 13.6. The van der Waals surface area contributed by atoms with E-state index in [0.29, 0.717) is 23.2 Å². The number of nitrogens with zero attached hydrogens (tertiary/aromatic N) is 3. The van der Waals surface area contributed by atoms with E-state index in [2.05, 4.69) is 9.97 Å². The number of amides is 1. The van der Waals surface area contributed by atoms with Crippen LogP contribution in [0.3, 0.4) is 0 Å². The molecule has 0 radical (unpaired) electrons. The largest absolute Gasteiger partial charge is 0.493 e. The Morgan fingerprint density at radius 2 is 2.00 bits per heavy atom. The molecule has 6 nitrogen and oxygen atoms in total. The molecule has 3 rings (SSSR count). The molecule has 0 unspecified atom stereocenters. The number of anilines is 1. The molecule has 2 aromatic heterocycles. The van der Waals surface area contributed by atoms with Crippen LogP contribution in [0.5, 0.6) is 11.5 Å². The van der Waals surface area contributed by atoms with Crippen LogP contribution < -0.4 is 14.4 Å². The molecule has 24 heavy (non-hydrogen) atoms. The Morgan fingerprint density at radius 3 is 2.62 bits per heavy atom. The van der Waals surface area contributed by atoms with Crippen LogP contribution in [-0.4, -0.2) is 30.1 Å². The second kappa shape index (κ2) is 6.84. The van der Waals surface area contributed by atoms with Crippen molar-refractivity contribution in [2.75, 3.05) is 19.1 Å². The van der Waals surface area contributed by atoms with Crippen molar-refractivity contribution >= 4 is 32.6 Å². The van der Waals surface area contributed by atoms with Gasteiger partial charge in [0, 0.05) is 31.5 Å². The van der Waals surface area contributed by atoms with Crippen molar-refractivity contribution in [1.29, 1.82) is 0 Å². The van der Waals surface area contributed by atoms with E-state index >= 15 is 0 Å². The number of carbonyl (C=O) groups excluding carboxylic acids is 1. The van der Waals surface area contributed by atoms with Crippen LogP contribution in [0.4, 0.5) is 5.13 Å². The molecule has 1 amide bonds. The minimum Gasteiger partial charge on any atom is -0.493 e. The Labute approximate surface area is 143 Å². The third kappa shape index (κ3) is 3.16. The van der Waals surface area contributed by atoms with Crippen LogP contribution in [-0.2, 0) is 11.3 Å². The molecule has 0 aliphatic carbocycles. The molecule has 0 saturated carbocycles. The van der Waals surface area contributed by atoms with Crippen molar-refractivity contribution in [3.05, 3.63) is 42.2 Å². The molecule has 1 aromatic carbocycles. The summed E-state index contributed by atoms with van der Waals surface area (Å²) in [5.41, 5.74) is 1.72. The fourth-order valence-electron chi connectivity index (χ4n) is 2.35. The maximum atomic E-state index is 12.1. The van der Waals surface area contributed by atoms with Gasteiger partial charge in [-0.15, -0.1) is 0 Å². The minimum atomic E-state index is -0.0724. The predicted octanol–water partition coefficient (Wildman–Crippen LogP) is 3.26. The van der Waals surface area contributed by atoms with Crippen LogP contribution in [0.1, 0.15) is 12.5 Å². The average Bonchev–Trinajstić information content (AvgIpc) is 3.01. The molecule has 7 heteroatoms. The molecule has 3 aromatic rings. The Kier molecular flexibility index (Phi) is 4.61. The highest BCUT2D eigenvalue weighted by atomic mass is 32.1. The van der Waals surface area contributed by atoms with Crippen LogP contribution in [0.25, 0.3) is 10.2 Å². The summed E-state index contributed by atoms with van der Waals surface area (Å²) < 4.78 is 11.6. The Morgan fingerprint density at radius 1 is 1.25 bits per heavy atom. The van der Waals surface area contributed by atoms with E-state index in [0.717, 1.165) is 15.8 Å². The third-order valence-corrected chi connectivity index (χ3v) is 4.60. The number of ether oxygens (including phenoxy) is 2. The number of thiazole rings is 1. The first kappa shape index (κ1) is 16.2. The summed E-state index contributed by atoms with van der Waals surface area (Å²) >= 11 is 1.44. The Hall–Kier alpha value is -2.67.